The molecule has 3 N–H and O–H groups in total. The number of primary amides is 1. The maximum Gasteiger partial charge on any atom is 0.393 e. The van der Waals surface area contributed by atoms with Crippen molar-refractivity contribution < 1.29 is 22.4 Å². The number of hydrogen-bond donors (Lipinski definition) is 2. The number of nitrogens with one attached hydrogen (secondary N) is 1. The van der Waals surface area contributed by atoms with E-state index in [-0.39, 0.29) is 23.2 Å². The van der Waals surface area contributed by atoms with Gasteiger partial charge in [0, 0.05) is 41.5 Å². The van der Waals surface area contributed by atoms with E-state index >= 15 is 0 Å². The Labute approximate surface area is 218 Å². The molecular weight excluding hydrogens is 522 g/mol. The number of nitrogens with two attached hydrogens (primary N) is 1. The lowest BCUT2D eigenvalue weighted by atomic mass is 10.0. The number of likely N-dealkylation sites (tertiary alicyclic amines) is 1. The van der Waals surface area contributed by atoms with Gasteiger partial charge in [-0.2, -0.15) is 18.4 Å². The molecule has 0 saturated carbocycles. The molecule has 1 aliphatic heterocycles. The maximum absolute atomic E-state index is 15.0. The van der Waals surface area contributed by atoms with Gasteiger partial charge < -0.3 is 15.6 Å². The first-order valence-corrected chi connectivity index (χ1v) is 12.7. The summed E-state index contributed by atoms with van der Waals surface area (Å²) in [7, 11) is 0. The molecule has 1 fully saturated rings. The second-order valence-electron chi connectivity index (χ2n) is 9.34. The summed E-state index contributed by atoms with van der Waals surface area (Å²) in [6.45, 7) is 1.52. The Morgan fingerprint density at radius 1 is 1.21 bits per heavy atom. The lowest BCUT2D eigenvalue weighted by molar-refractivity contribution is -0.126. The zero-order chi connectivity index (χ0) is 27.0. The van der Waals surface area contributed by atoms with Crippen LogP contribution in [0.3, 0.4) is 0 Å². The number of alkyl halides is 3. The molecule has 4 aromatic rings. The molecule has 1 amide bonds. The fourth-order valence-corrected chi connectivity index (χ4v) is 5.87. The fourth-order valence-electron chi connectivity index (χ4n) is 4.85. The molecule has 0 spiro atoms. The molecule has 38 heavy (non-hydrogen) atoms. The summed E-state index contributed by atoms with van der Waals surface area (Å²) in [5.41, 5.74) is 6.43. The monoisotopic (exact) mass is 545 g/mol. The van der Waals surface area contributed by atoms with E-state index in [1.165, 1.54) is 23.0 Å². The van der Waals surface area contributed by atoms with Crippen molar-refractivity contribution in [3.63, 3.8) is 0 Å². The summed E-state index contributed by atoms with van der Waals surface area (Å²) in [6, 6.07) is 8.21. The summed E-state index contributed by atoms with van der Waals surface area (Å²) in [4.78, 5) is 22.6. The lowest BCUT2D eigenvalue weighted by Gasteiger charge is -2.32. The molecule has 3 aromatic heterocycles. The van der Waals surface area contributed by atoms with Crippen molar-refractivity contribution in [2.75, 3.05) is 18.4 Å². The second-order valence-corrected chi connectivity index (χ2v) is 10.5. The van der Waals surface area contributed by atoms with Crippen molar-refractivity contribution in [2.45, 2.75) is 44.6 Å². The van der Waals surface area contributed by atoms with Crippen molar-refractivity contribution in [1.82, 2.24) is 19.4 Å². The van der Waals surface area contributed by atoms with Crippen LogP contribution in [0.4, 0.5) is 23.4 Å². The highest BCUT2D eigenvalue weighted by Gasteiger charge is 2.29. The van der Waals surface area contributed by atoms with Crippen molar-refractivity contribution in [1.29, 1.82) is 5.26 Å². The minimum atomic E-state index is -4.29. The van der Waals surface area contributed by atoms with Gasteiger partial charge in [-0.15, -0.1) is 11.3 Å². The highest BCUT2D eigenvalue weighted by atomic mass is 32.1. The van der Waals surface area contributed by atoms with Crippen molar-refractivity contribution in [3.8, 4) is 6.07 Å². The van der Waals surface area contributed by atoms with Gasteiger partial charge >= 0.3 is 6.18 Å². The zero-order valence-corrected chi connectivity index (χ0v) is 20.9. The molecular formula is C25H23F4N7OS. The van der Waals surface area contributed by atoms with Gasteiger partial charge in [-0.1, -0.05) is 0 Å². The van der Waals surface area contributed by atoms with Crippen molar-refractivity contribution in [3.05, 3.63) is 52.5 Å². The van der Waals surface area contributed by atoms with Crippen LogP contribution in [-0.4, -0.2) is 50.6 Å². The van der Waals surface area contributed by atoms with Crippen LogP contribution in [0.5, 0.6) is 0 Å². The van der Waals surface area contributed by atoms with Crippen LogP contribution in [0.2, 0.25) is 0 Å². The summed E-state index contributed by atoms with van der Waals surface area (Å²) >= 11 is 1.01. The lowest BCUT2D eigenvalue weighted by Crippen LogP contribution is -2.39. The van der Waals surface area contributed by atoms with Gasteiger partial charge in [-0.05, 0) is 37.1 Å². The number of carbonyl (C=O) groups is 1. The molecule has 0 radical (unpaired) electrons. The summed E-state index contributed by atoms with van der Waals surface area (Å²) in [5, 5.41) is 14.0. The number of benzene rings is 1. The molecule has 8 nitrogen and oxygen atoms in total. The number of halogens is 4. The Bertz CT molecular complexity index is 1550. The molecule has 13 heteroatoms. The van der Waals surface area contributed by atoms with Gasteiger partial charge in [-0.25, -0.2) is 14.4 Å². The van der Waals surface area contributed by atoms with Gasteiger partial charge in [-0.3, -0.25) is 9.69 Å². The van der Waals surface area contributed by atoms with E-state index in [2.05, 4.69) is 20.2 Å². The van der Waals surface area contributed by atoms with Crippen LogP contribution in [0.1, 0.15) is 29.0 Å². The number of rotatable bonds is 7. The highest BCUT2D eigenvalue weighted by molar-refractivity contribution is 7.18. The van der Waals surface area contributed by atoms with Crippen LogP contribution in [0, 0.1) is 17.1 Å². The minimum absolute atomic E-state index is 0.0589. The third-order valence-corrected chi connectivity index (χ3v) is 7.62. The fraction of sp³-hybridized carbons (Fsp3) is 0.360. The number of nitrogens with zero attached hydrogens (tertiary/aromatic N) is 5. The molecule has 0 unspecified atom stereocenters. The number of hydrogen-bond acceptors (Lipinski definition) is 7. The molecule has 1 aromatic carbocycles. The van der Waals surface area contributed by atoms with Gasteiger partial charge in [0.2, 0.25) is 5.91 Å². The Hall–Kier alpha value is -3.76. The summed E-state index contributed by atoms with van der Waals surface area (Å²) < 4.78 is 54.8. The smallest absolute Gasteiger partial charge is 0.368 e. The SMILES string of the molecule is N#Cc1cc2cc(CN3CCC(Nc4ncnc5sc(CC(F)(F)F)cc45)CC3)c(F)cc2n1CC(N)=O. The first kappa shape index (κ1) is 25.9. The average molecular weight is 546 g/mol. The molecule has 0 bridgehead atoms. The number of nitriles is 1. The van der Waals surface area contributed by atoms with Gasteiger partial charge in [0.05, 0.1) is 17.3 Å². The third kappa shape index (κ3) is 5.56. The van der Waals surface area contributed by atoms with E-state index in [1.807, 2.05) is 6.07 Å². The molecule has 198 valence electrons. The Morgan fingerprint density at radius 3 is 2.66 bits per heavy atom. The number of aromatic nitrogens is 3. The molecule has 4 heterocycles. The molecule has 5 rings (SSSR count). The third-order valence-electron chi connectivity index (χ3n) is 6.58. The zero-order valence-electron chi connectivity index (χ0n) is 20.1. The number of amides is 1. The number of thiophene rings is 1. The first-order chi connectivity index (χ1) is 18.1. The Balaban J connectivity index is 1.25. The number of piperidine rings is 1. The predicted octanol–water partition coefficient (Wildman–Crippen LogP) is 4.32. The Morgan fingerprint density at radius 2 is 1.97 bits per heavy atom. The first-order valence-electron chi connectivity index (χ1n) is 11.9. The van der Waals surface area contributed by atoms with E-state index in [1.54, 1.807) is 12.1 Å². The van der Waals surface area contributed by atoms with Crippen LogP contribution in [0.15, 0.2) is 30.6 Å². The maximum atomic E-state index is 15.0. The molecule has 1 saturated heterocycles. The van der Waals surface area contributed by atoms with Gasteiger partial charge in [0.15, 0.2) is 0 Å². The minimum Gasteiger partial charge on any atom is -0.368 e. The average Bonchev–Trinajstić information content (AvgIpc) is 3.40. The van der Waals surface area contributed by atoms with Crippen molar-refractivity contribution in [2.24, 2.45) is 5.73 Å². The molecule has 0 aliphatic carbocycles. The predicted molar refractivity (Wildman–Crippen MR) is 135 cm³/mol. The summed E-state index contributed by atoms with van der Waals surface area (Å²) in [5.74, 6) is -0.534. The van der Waals surface area contributed by atoms with Crippen LogP contribution < -0.4 is 11.1 Å². The Kier molecular flexibility index (Phi) is 6.93. The van der Waals surface area contributed by atoms with E-state index in [9.17, 15) is 27.6 Å². The topological polar surface area (TPSA) is 113 Å². The second kappa shape index (κ2) is 10.2. The van der Waals surface area contributed by atoms with E-state index in [4.69, 9.17) is 5.73 Å². The molecule has 1 aliphatic rings. The van der Waals surface area contributed by atoms with Gasteiger partial charge in [0.25, 0.3) is 0 Å². The van der Waals surface area contributed by atoms with Crippen LogP contribution in [-0.2, 0) is 24.3 Å². The number of anilines is 1. The van der Waals surface area contributed by atoms with Crippen LogP contribution >= 0.6 is 11.3 Å². The largest absolute Gasteiger partial charge is 0.393 e. The summed E-state index contributed by atoms with van der Waals surface area (Å²) in [6.07, 6.45) is -2.46. The number of carbonyl (C=O) groups excluding carboxylic acids is 1. The van der Waals surface area contributed by atoms with E-state index < -0.39 is 24.3 Å². The van der Waals surface area contributed by atoms with Gasteiger partial charge in [0.1, 0.15) is 41.1 Å². The van der Waals surface area contributed by atoms with Crippen LogP contribution in [0.25, 0.3) is 21.1 Å². The van der Waals surface area contributed by atoms with Crippen molar-refractivity contribution >= 4 is 44.2 Å². The van der Waals surface area contributed by atoms with E-state index in [0.29, 0.717) is 52.1 Å². The quantitative estimate of drug-likeness (QED) is 0.335. The van der Waals surface area contributed by atoms with E-state index in [0.717, 1.165) is 24.2 Å². The highest BCUT2D eigenvalue weighted by Crippen LogP contribution is 2.33. The number of fused-ring (bicyclic) bond motifs is 2. The normalized spacial score (nSPS) is 15.2. The molecule has 0 atom stereocenters. The standard InChI is InChI=1S/C25H23F4N7OS/c26-20-8-21-14(6-17(10-30)36(21)12-22(31)37)5-15(20)11-35-3-1-16(2-4-35)34-23-19-7-18(9-25(27,28)29)38-24(19)33-13-32-23/h5-8,13,16H,1-4,9,11-12H2,(H2,31,37)(H,32,33,34).